The van der Waals surface area contributed by atoms with Gasteiger partial charge in [-0.2, -0.15) is 0 Å². The number of rotatable bonds is 7. The molecule has 3 N–H and O–H groups in total. The first-order valence-electron chi connectivity index (χ1n) is 5.58. The van der Waals surface area contributed by atoms with Gasteiger partial charge >= 0.3 is 12.0 Å². The van der Waals surface area contributed by atoms with Crippen LogP contribution in [0.4, 0.5) is 4.79 Å². The van der Waals surface area contributed by atoms with E-state index < -0.39 is 27.9 Å². The molecule has 0 unspecified atom stereocenters. The molecule has 0 saturated heterocycles. The number of nitrogens with one attached hydrogen (secondary N) is 2. The largest absolute Gasteiger partial charge is 0.480 e. The number of sulfone groups is 1. The zero-order valence-electron chi connectivity index (χ0n) is 10.8. The number of carbonyl (C=O) groups is 2. The van der Waals surface area contributed by atoms with E-state index in [1.54, 1.807) is 13.8 Å². The van der Waals surface area contributed by atoms with Gasteiger partial charge in [0.15, 0.2) is 0 Å². The van der Waals surface area contributed by atoms with Crippen molar-refractivity contribution in [3.05, 3.63) is 0 Å². The minimum absolute atomic E-state index is 0.0141. The highest BCUT2D eigenvalue weighted by Gasteiger charge is 2.22. The van der Waals surface area contributed by atoms with E-state index >= 15 is 0 Å². The van der Waals surface area contributed by atoms with Gasteiger partial charge in [-0.05, 0) is 12.3 Å². The van der Waals surface area contributed by atoms with Crippen molar-refractivity contribution >= 4 is 21.8 Å². The molecular formula is C10H20N2O5S. The predicted molar refractivity (Wildman–Crippen MR) is 67.1 cm³/mol. The molecular weight excluding hydrogens is 260 g/mol. The summed E-state index contributed by atoms with van der Waals surface area (Å²) >= 11 is 0. The Labute approximate surface area is 107 Å². The molecule has 0 spiro atoms. The molecule has 0 rings (SSSR count). The minimum Gasteiger partial charge on any atom is -0.480 e. The highest BCUT2D eigenvalue weighted by Crippen LogP contribution is 2.01. The maximum Gasteiger partial charge on any atom is 0.326 e. The third-order valence-electron chi connectivity index (χ3n) is 2.20. The van der Waals surface area contributed by atoms with Crippen molar-refractivity contribution in [2.75, 3.05) is 18.6 Å². The van der Waals surface area contributed by atoms with Gasteiger partial charge in [-0.3, -0.25) is 0 Å². The number of carboxylic acids is 1. The third-order valence-corrected chi connectivity index (χ3v) is 3.23. The summed E-state index contributed by atoms with van der Waals surface area (Å²) in [6, 6.07) is -1.57. The first-order chi connectivity index (χ1) is 8.13. The average molecular weight is 280 g/mol. The van der Waals surface area contributed by atoms with Crippen LogP contribution in [0.25, 0.3) is 0 Å². The molecule has 1 atom stereocenters. The van der Waals surface area contributed by atoms with Crippen LogP contribution in [0, 0.1) is 5.92 Å². The molecule has 0 aromatic rings. The summed E-state index contributed by atoms with van der Waals surface area (Å²) in [5, 5.41) is 13.6. The van der Waals surface area contributed by atoms with Crippen LogP contribution < -0.4 is 10.6 Å². The van der Waals surface area contributed by atoms with E-state index in [-0.39, 0.29) is 18.2 Å². The highest BCUT2D eigenvalue weighted by molar-refractivity contribution is 7.90. The molecule has 0 aromatic heterocycles. The van der Waals surface area contributed by atoms with Gasteiger partial charge in [0.05, 0.1) is 5.75 Å². The minimum atomic E-state index is -3.04. The second-order valence-electron chi connectivity index (χ2n) is 4.44. The summed E-state index contributed by atoms with van der Waals surface area (Å²) in [6.07, 6.45) is 1.41. The normalized spacial score (nSPS) is 13.1. The van der Waals surface area contributed by atoms with Crippen LogP contribution in [0.2, 0.25) is 0 Å². The molecule has 0 radical (unpaired) electrons. The van der Waals surface area contributed by atoms with Crippen molar-refractivity contribution in [3.63, 3.8) is 0 Å². The summed E-state index contributed by atoms with van der Waals surface area (Å²) in [4.78, 5) is 22.2. The van der Waals surface area contributed by atoms with E-state index in [2.05, 4.69) is 10.6 Å². The van der Waals surface area contributed by atoms with Crippen molar-refractivity contribution in [3.8, 4) is 0 Å². The van der Waals surface area contributed by atoms with E-state index in [0.717, 1.165) is 6.26 Å². The number of urea groups is 1. The molecule has 0 aliphatic carbocycles. The van der Waals surface area contributed by atoms with E-state index in [1.165, 1.54) is 0 Å². The van der Waals surface area contributed by atoms with Crippen molar-refractivity contribution in [2.24, 2.45) is 5.92 Å². The van der Waals surface area contributed by atoms with Crippen LogP contribution in [0.15, 0.2) is 0 Å². The standard InChI is InChI=1S/C10H20N2O5S/c1-7(2)8(9(13)14)12-10(15)11-5-4-6-18(3,16)17/h7-8H,4-6H2,1-3H3,(H,13,14)(H2,11,12,15)/t8-/m0/s1. The fourth-order valence-electron chi connectivity index (χ4n) is 1.24. The number of carboxylic acid groups (broad SMARTS) is 1. The van der Waals surface area contributed by atoms with Gasteiger partial charge in [0.25, 0.3) is 0 Å². The molecule has 18 heavy (non-hydrogen) atoms. The number of amides is 2. The fraction of sp³-hybridized carbons (Fsp3) is 0.800. The average Bonchev–Trinajstić information content (AvgIpc) is 2.18. The van der Waals surface area contributed by atoms with Crippen LogP contribution in [-0.2, 0) is 14.6 Å². The van der Waals surface area contributed by atoms with Crippen LogP contribution in [0.3, 0.4) is 0 Å². The van der Waals surface area contributed by atoms with Crippen LogP contribution in [0.5, 0.6) is 0 Å². The third kappa shape index (κ3) is 7.88. The Morgan fingerprint density at radius 3 is 2.22 bits per heavy atom. The van der Waals surface area contributed by atoms with Gasteiger partial charge in [0, 0.05) is 12.8 Å². The van der Waals surface area contributed by atoms with E-state index in [0.29, 0.717) is 6.42 Å². The van der Waals surface area contributed by atoms with Gasteiger partial charge in [0.1, 0.15) is 15.9 Å². The second kappa shape index (κ2) is 7.20. The highest BCUT2D eigenvalue weighted by atomic mass is 32.2. The summed E-state index contributed by atoms with van der Waals surface area (Å²) in [5.74, 6) is -1.35. The van der Waals surface area contributed by atoms with Gasteiger partial charge in [-0.25, -0.2) is 18.0 Å². The van der Waals surface area contributed by atoms with Crippen molar-refractivity contribution in [1.82, 2.24) is 10.6 Å². The van der Waals surface area contributed by atoms with E-state index in [9.17, 15) is 18.0 Å². The lowest BCUT2D eigenvalue weighted by molar-refractivity contribution is -0.140. The van der Waals surface area contributed by atoms with Crippen molar-refractivity contribution in [2.45, 2.75) is 26.3 Å². The Balaban J connectivity index is 4.00. The lowest BCUT2D eigenvalue weighted by Gasteiger charge is -2.18. The van der Waals surface area contributed by atoms with Crippen molar-refractivity contribution < 1.29 is 23.1 Å². The van der Waals surface area contributed by atoms with Crippen molar-refractivity contribution in [1.29, 1.82) is 0 Å². The molecule has 0 saturated carbocycles. The van der Waals surface area contributed by atoms with Gasteiger partial charge in [-0.1, -0.05) is 13.8 Å². The van der Waals surface area contributed by atoms with E-state index in [4.69, 9.17) is 5.11 Å². The maximum atomic E-state index is 11.4. The topological polar surface area (TPSA) is 113 Å². The second-order valence-corrected chi connectivity index (χ2v) is 6.70. The molecule has 0 aliphatic heterocycles. The fourth-order valence-corrected chi connectivity index (χ4v) is 1.91. The van der Waals surface area contributed by atoms with Gasteiger partial charge < -0.3 is 15.7 Å². The van der Waals surface area contributed by atoms with Crippen LogP contribution in [0.1, 0.15) is 20.3 Å². The molecule has 0 aliphatic rings. The number of hydrogen-bond acceptors (Lipinski definition) is 4. The Hall–Kier alpha value is -1.31. The molecule has 8 heteroatoms. The molecule has 0 heterocycles. The summed E-state index contributed by atoms with van der Waals surface area (Å²) in [6.45, 7) is 3.55. The number of hydrogen-bond donors (Lipinski definition) is 3. The SMILES string of the molecule is CC(C)[C@H](NC(=O)NCCCS(C)(=O)=O)C(=O)O. The van der Waals surface area contributed by atoms with E-state index in [1.807, 2.05) is 0 Å². The Kier molecular flexibility index (Phi) is 6.67. The number of carbonyl (C=O) groups excluding carboxylic acids is 1. The first-order valence-corrected chi connectivity index (χ1v) is 7.64. The molecule has 0 bridgehead atoms. The summed E-state index contributed by atoms with van der Waals surface area (Å²) in [5.41, 5.74) is 0. The van der Waals surface area contributed by atoms with Gasteiger partial charge in [-0.15, -0.1) is 0 Å². The quantitative estimate of drug-likeness (QED) is 0.560. The van der Waals surface area contributed by atoms with Crippen LogP contribution in [-0.4, -0.2) is 50.1 Å². The molecule has 106 valence electrons. The number of aliphatic carboxylic acids is 1. The molecule has 2 amide bonds. The monoisotopic (exact) mass is 280 g/mol. The lowest BCUT2D eigenvalue weighted by Crippen LogP contribution is -2.48. The summed E-state index contributed by atoms with van der Waals surface area (Å²) < 4.78 is 21.7. The zero-order chi connectivity index (χ0) is 14.3. The Morgan fingerprint density at radius 1 is 1.28 bits per heavy atom. The zero-order valence-corrected chi connectivity index (χ0v) is 11.6. The first kappa shape index (κ1) is 16.7. The predicted octanol–water partition coefficient (Wildman–Crippen LogP) is -0.170. The summed E-state index contributed by atoms with van der Waals surface area (Å²) in [7, 11) is -3.04. The van der Waals surface area contributed by atoms with Crippen LogP contribution >= 0.6 is 0 Å². The maximum absolute atomic E-state index is 11.4. The molecule has 0 fully saturated rings. The Bertz CT molecular complexity index is 391. The molecule has 7 nitrogen and oxygen atoms in total. The molecule has 0 aromatic carbocycles. The lowest BCUT2D eigenvalue weighted by atomic mass is 10.1. The Morgan fingerprint density at radius 2 is 1.83 bits per heavy atom. The van der Waals surface area contributed by atoms with Gasteiger partial charge in [0.2, 0.25) is 0 Å². The smallest absolute Gasteiger partial charge is 0.326 e.